The highest BCUT2D eigenvalue weighted by molar-refractivity contribution is 5.74. The van der Waals surface area contributed by atoms with E-state index < -0.39 is 0 Å². The molecule has 0 saturated heterocycles. The number of benzene rings is 1. The third-order valence-electron chi connectivity index (χ3n) is 4.27. The van der Waals surface area contributed by atoms with Gasteiger partial charge < -0.3 is 9.80 Å². The summed E-state index contributed by atoms with van der Waals surface area (Å²) in [5.74, 6) is 0. The number of likely N-dealkylation sites (N-methyl/N-ethyl adjacent to an activating group) is 1. The molecular formula is C15H17N3. The summed E-state index contributed by atoms with van der Waals surface area (Å²) < 4.78 is 0. The van der Waals surface area contributed by atoms with Crippen molar-refractivity contribution in [1.29, 1.82) is 0 Å². The third-order valence-corrected chi connectivity index (χ3v) is 4.27. The maximum atomic E-state index is 7.31. The van der Waals surface area contributed by atoms with Crippen LogP contribution in [0.2, 0.25) is 0 Å². The van der Waals surface area contributed by atoms with Gasteiger partial charge in [0.15, 0.2) is 5.69 Å². The van der Waals surface area contributed by atoms with Crippen LogP contribution in [0.3, 0.4) is 0 Å². The van der Waals surface area contributed by atoms with E-state index in [4.69, 9.17) is 6.57 Å². The lowest BCUT2D eigenvalue weighted by Crippen LogP contribution is -2.34. The standard InChI is InChI=1S/C15H17N3/c1-9-6-13-12(11(3)15(9)16-4)7-14-17(5)10(2)8-18(13)14/h6,8,14H,7H2,1-3,5H3. The van der Waals surface area contributed by atoms with Gasteiger partial charge in [-0.15, -0.1) is 0 Å². The van der Waals surface area contributed by atoms with Crippen LogP contribution < -0.4 is 4.90 Å². The fourth-order valence-corrected chi connectivity index (χ4v) is 3.10. The number of nitrogens with zero attached hydrogens (tertiary/aromatic N) is 3. The molecule has 0 aliphatic carbocycles. The Bertz CT molecular complexity index is 607. The Labute approximate surface area is 108 Å². The predicted molar refractivity (Wildman–Crippen MR) is 73.7 cm³/mol. The van der Waals surface area contributed by atoms with E-state index in [1.54, 1.807) is 0 Å². The summed E-state index contributed by atoms with van der Waals surface area (Å²) in [5, 5.41) is 0. The van der Waals surface area contributed by atoms with Crippen LogP contribution in [-0.4, -0.2) is 18.1 Å². The number of allylic oxidation sites excluding steroid dienone is 1. The monoisotopic (exact) mass is 239 g/mol. The third kappa shape index (κ3) is 1.23. The molecule has 3 heteroatoms. The average molecular weight is 239 g/mol. The van der Waals surface area contributed by atoms with Gasteiger partial charge >= 0.3 is 0 Å². The van der Waals surface area contributed by atoms with E-state index in [9.17, 15) is 0 Å². The van der Waals surface area contributed by atoms with Crippen molar-refractivity contribution in [2.45, 2.75) is 33.4 Å². The van der Waals surface area contributed by atoms with Crippen LogP contribution >= 0.6 is 0 Å². The van der Waals surface area contributed by atoms with E-state index in [0.29, 0.717) is 6.17 Å². The van der Waals surface area contributed by atoms with Crippen LogP contribution in [0, 0.1) is 20.4 Å². The Morgan fingerprint density at radius 1 is 1.33 bits per heavy atom. The van der Waals surface area contributed by atoms with Crippen LogP contribution in [0.5, 0.6) is 0 Å². The van der Waals surface area contributed by atoms with Gasteiger partial charge in [-0.05, 0) is 43.5 Å². The van der Waals surface area contributed by atoms with Crippen molar-refractivity contribution in [3.05, 3.63) is 46.1 Å². The quantitative estimate of drug-likeness (QED) is 0.643. The smallest absolute Gasteiger partial charge is 0.193 e. The van der Waals surface area contributed by atoms with Crippen LogP contribution in [0.4, 0.5) is 11.4 Å². The van der Waals surface area contributed by atoms with Crippen molar-refractivity contribution in [1.82, 2.24) is 4.90 Å². The lowest BCUT2D eigenvalue weighted by Gasteiger charge is -2.24. The maximum Gasteiger partial charge on any atom is 0.193 e. The molecule has 18 heavy (non-hydrogen) atoms. The molecule has 0 saturated carbocycles. The Hall–Kier alpha value is -1.95. The maximum absolute atomic E-state index is 7.31. The van der Waals surface area contributed by atoms with Gasteiger partial charge in [0.25, 0.3) is 0 Å². The molecule has 3 nitrogen and oxygen atoms in total. The Morgan fingerprint density at radius 2 is 2.06 bits per heavy atom. The molecule has 0 bridgehead atoms. The lowest BCUT2D eigenvalue weighted by molar-refractivity contribution is 0.344. The zero-order valence-electron chi connectivity index (χ0n) is 11.3. The van der Waals surface area contributed by atoms with Crippen molar-refractivity contribution in [2.24, 2.45) is 0 Å². The normalized spacial score (nSPS) is 20.6. The molecule has 0 fully saturated rings. The van der Waals surface area contributed by atoms with Gasteiger partial charge in [0.1, 0.15) is 6.17 Å². The Kier molecular flexibility index (Phi) is 2.18. The molecule has 92 valence electrons. The molecule has 0 radical (unpaired) electrons. The SMILES string of the molecule is [C-]#[N+]c1c(C)cc2c(c1C)CC1N(C)C(C)=CN21. The molecule has 2 heterocycles. The minimum atomic E-state index is 0.402. The average Bonchev–Trinajstić information content (AvgIpc) is 2.80. The van der Waals surface area contributed by atoms with Gasteiger partial charge in [-0.3, -0.25) is 0 Å². The summed E-state index contributed by atoms with van der Waals surface area (Å²) >= 11 is 0. The van der Waals surface area contributed by atoms with Crippen molar-refractivity contribution in [2.75, 3.05) is 11.9 Å². The zero-order chi connectivity index (χ0) is 13.0. The first-order valence-electron chi connectivity index (χ1n) is 6.24. The molecule has 0 amide bonds. The molecular weight excluding hydrogens is 222 g/mol. The molecule has 2 aliphatic heterocycles. The summed E-state index contributed by atoms with van der Waals surface area (Å²) in [4.78, 5) is 8.33. The number of fused-ring (bicyclic) bond motifs is 3. The molecule has 0 spiro atoms. The second-order valence-electron chi connectivity index (χ2n) is 5.25. The number of hydrogen-bond acceptors (Lipinski definition) is 2. The van der Waals surface area contributed by atoms with Crippen LogP contribution in [0.25, 0.3) is 4.85 Å². The molecule has 1 aromatic rings. The summed E-state index contributed by atoms with van der Waals surface area (Å²) in [5.41, 5.74) is 7.00. The van der Waals surface area contributed by atoms with Crippen LogP contribution in [0.15, 0.2) is 18.0 Å². The second kappa shape index (κ2) is 3.52. The van der Waals surface area contributed by atoms with Crippen LogP contribution in [0.1, 0.15) is 23.6 Å². The van der Waals surface area contributed by atoms with Gasteiger partial charge in [0.2, 0.25) is 0 Å². The minimum absolute atomic E-state index is 0.402. The molecule has 3 rings (SSSR count). The van der Waals surface area contributed by atoms with Gasteiger partial charge in [0.05, 0.1) is 6.57 Å². The summed E-state index contributed by atoms with van der Waals surface area (Å²) in [6.45, 7) is 13.6. The second-order valence-corrected chi connectivity index (χ2v) is 5.25. The molecule has 0 aromatic heterocycles. The van der Waals surface area contributed by atoms with E-state index in [1.807, 2.05) is 6.92 Å². The molecule has 1 atom stereocenters. The van der Waals surface area contributed by atoms with E-state index in [-0.39, 0.29) is 0 Å². The van der Waals surface area contributed by atoms with E-state index in [2.05, 4.69) is 47.8 Å². The Morgan fingerprint density at radius 3 is 2.72 bits per heavy atom. The van der Waals surface area contributed by atoms with E-state index in [0.717, 1.165) is 23.2 Å². The van der Waals surface area contributed by atoms with Gasteiger partial charge in [-0.2, -0.15) is 0 Å². The first-order valence-corrected chi connectivity index (χ1v) is 6.24. The number of hydrogen-bond donors (Lipinski definition) is 0. The predicted octanol–water partition coefficient (Wildman–Crippen LogP) is 3.35. The number of aryl methyl sites for hydroxylation is 1. The molecule has 1 aromatic carbocycles. The van der Waals surface area contributed by atoms with Gasteiger partial charge in [-0.25, -0.2) is 4.85 Å². The summed E-state index contributed by atoms with van der Waals surface area (Å²) in [6.07, 6.45) is 3.63. The van der Waals surface area contributed by atoms with Crippen molar-refractivity contribution in [3.8, 4) is 0 Å². The largest absolute Gasteiger partial charge is 0.356 e. The lowest BCUT2D eigenvalue weighted by atomic mass is 10.00. The zero-order valence-corrected chi connectivity index (χ0v) is 11.3. The van der Waals surface area contributed by atoms with Crippen molar-refractivity contribution < 1.29 is 0 Å². The minimum Gasteiger partial charge on any atom is -0.356 e. The number of rotatable bonds is 0. The first-order chi connectivity index (χ1) is 8.54. The fraction of sp³-hybridized carbons (Fsp3) is 0.400. The van der Waals surface area contributed by atoms with Gasteiger partial charge in [0, 0.05) is 31.1 Å². The molecule has 2 aliphatic rings. The summed E-state index contributed by atoms with van der Waals surface area (Å²) in [7, 11) is 2.14. The van der Waals surface area contributed by atoms with Gasteiger partial charge in [-0.1, -0.05) is 0 Å². The molecule has 1 unspecified atom stereocenters. The first kappa shape index (κ1) is 11.2. The van der Waals surface area contributed by atoms with E-state index >= 15 is 0 Å². The summed E-state index contributed by atoms with van der Waals surface area (Å²) in [6, 6.07) is 2.17. The van der Waals surface area contributed by atoms with Crippen molar-refractivity contribution in [3.63, 3.8) is 0 Å². The fourth-order valence-electron chi connectivity index (χ4n) is 3.10. The molecule has 0 N–H and O–H groups in total. The Balaban J connectivity index is 2.19. The highest BCUT2D eigenvalue weighted by Gasteiger charge is 2.37. The van der Waals surface area contributed by atoms with E-state index in [1.165, 1.54) is 16.9 Å². The topological polar surface area (TPSA) is 10.8 Å². The highest BCUT2D eigenvalue weighted by Crippen LogP contribution is 2.44. The van der Waals surface area contributed by atoms with Crippen LogP contribution in [-0.2, 0) is 6.42 Å². The van der Waals surface area contributed by atoms with Crippen molar-refractivity contribution >= 4 is 11.4 Å². The highest BCUT2D eigenvalue weighted by atomic mass is 15.4. The number of anilines is 1.